The molecule has 2 heterocycles. The molecule has 2 unspecified atom stereocenters. The van der Waals surface area contributed by atoms with E-state index in [1.807, 2.05) is 25.1 Å². The fourth-order valence-corrected chi connectivity index (χ4v) is 4.05. The maximum Gasteiger partial charge on any atom is 0.475 e. The van der Waals surface area contributed by atoms with Crippen LogP contribution in [0.3, 0.4) is 0 Å². The van der Waals surface area contributed by atoms with Gasteiger partial charge in [-0.25, -0.2) is 4.57 Å². The number of phosphoric acid groups is 1. The zero-order valence-corrected chi connectivity index (χ0v) is 31.0. The van der Waals surface area contributed by atoms with Crippen LogP contribution in [-0.4, -0.2) is 73.7 Å². The van der Waals surface area contributed by atoms with Crippen LogP contribution >= 0.6 is 7.82 Å². The van der Waals surface area contributed by atoms with Crippen molar-refractivity contribution in [2.45, 2.75) is 50.3 Å². The van der Waals surface area contributed by atoms with Gasteiger partial charge in [-0.3, -0.25) is 13.6 Å². The number of aliphatic hydroxyl groups excluding tert-OH is 2. The number of hydrogen-bond acceptors (Lipinski definition) is 10. The summed E-state index contributed by atoms with van der Waals surface area (Å²) in [5, 5.41) is 28.2. The smallest absolute Gasteiger partial charge is 0.475 e. The summed E-state index contributed by atoms with van der Waals surface area (Å²) in [7, 11) is -4.26. The van der Waals surface area contributed by atoms with Gasteiger partial charge in [0.25, 0.3) is 0 Å². The van der Waals surface area contributed by atoms with Gasteiger partial charge in [-0.2, -0.15) is 11.9 Å². The SMILES string of the molecule is [3H][C@H]1C[C@@H](O)[C@@H](COP(=O)(OCCC#N)O[C@@H]2C(OC/C=C/C=C/C)[CH-]O[C@@H]2CO)O1.[Ac].[U].[W]. The molecule has 0 bridgehead atoms. The Balaban J connectivity index is 0. The molecule has 0 spiro atoms. The van der Waals surface area contributed by atoms with E-state index in [0.717, 1.165) is 0 Å². The van der Waals surface area contributed by atoms with Crippen LogP contribution in [0.4, 0.5) is 0 Å². The average Bonchev–Trinajstić information content (AvgIpc) is 3.27. The van der Waals surface area contributed by atoms with Crippen LogP contribution < -0.4 is 0 Å². The number of nitriles is 1. The van der Waals surface area contributed by atoms with Crippen LogP contribution in [0.25, 0.3) is 0 Å². The Hall–Kier alpha value is 2.06. The van der Waals surface area contributed by atoms with Gasteiger partial charge in [0.1, 0.15) is 6.10 Å². The van der Waals surface area contributed by atoms with Crippen molar-refractivity contribution >= 4 is 7.82 Å². The Morgan fingerprint density at radius 1 is 1.36 bits per heavy atom. The van der Waals surface area contributed by atoms with E-state index in [4.69, 9.17) is 34.4 Å². The molecule has 33 heavy (non-hydrogen) atoms. The molecule has 1 radical (unpaired) electrons. The van der Waals surface area contributed by atoms with Crippen LogP contribution in [0.2, 0.25) is 0 Å². The van der Waals surface area contributed by atoms with Gasteiger partial charge in [-0.15, -0.1) is 0 Å². The molecule has 0 amide bonds. The first-order valence-electron chi connectivity index (χ1n) is 10.2. The topological polar surface area (TPSA) is 137 Å². The van der Waals surface area contributed by atoms with Crippen molar-refractivity contribution in [2.24, 2.45) is 0 Å². The van der Waals surface area contributed by atoms with Gasteiger partial charge < -0.3 is 24.4 Å². The van der Waals surface area contributed by atoms with E-state index in [0.29, 0.717) is 0 Å². The standard InChI is InChI=1S/C19H29NO9P.Ac.U.W/c1-2-3-4-5-9-24-18-13-26-16(12-21)19(18)29-30(23,27-10-6-8-20)28-14-17-15(22)7-11-25-17;;;/h2-5,13,15-19,21-22H,6-7,9-12,14H2,1H3;;;/q-1;;;/b3-2+,5-4+;;;/t15-,16-,17-,18?,19+,30?;;;/m1.../s1/i11T;;;/t11-,15+,16+,17+,18?,19-,30?;;;/m0.... The summed E-state index contributed by atoms with van der Waals surface area (Å²) in [6.45, 7) is 1.51. The van der Waals surface area contributed by atoms with Crippen molar-refractivity contribution in [1.29, 1.82) is 5.26 Å². The third-order valence-corrected chi connectivity index (χ3v) is 5.70. The summed E-state index contributed by atoms with van der Waals surface area (Å²) in [6.07, 6.45) is 2.81. The summed E-state index contributed by atoms with van der Waals surface area (Å²) < 4.78 is 53.2. The molecule has 2 saturated heterocycles. The second kappa shape index (κ2) is 21.0. The summed E-state index contributed by atoms with van der Waals surface area (Å²) >= 11 is 0. The first-order chi connectivity index (χ1) is 14.9. The normalized spacial score (nSPS) is 31.3. The average molecular weight is 1100 g/mol. The van der Waals surface area contributed by atoms with Crippen molar-refractivity contribution in [2.75, 3.05) is 33.0 Å². The molecule has 14 heteroatoms. The fourth-order valence-electron chi connectivity index (χ4n) is 2.65. The molecule has 2 N–H and O–H groups in total. The van der Waals surface area contributed by atoms with Crippen molar-refractivity contribution in [3.05, 3.63) is 30.9 Å². The fraction of sp³-hybridized carbons (Fsp3) is 0.684. The van der Waals surface area contributed by atoms with E-state index in [1.54, 1.807) is 12.2 Å². The van der Waals surface area contributed by atoms with E-state index in [1.165, 1.54) is 6.61 Å². The molecule has 2 rings (SSSR count). The second-order valence-electron chi connectivity index (χ2n) is 6.44. The Morgan fingerprint density at radius 2 is 2.12 bits per heavy atom. The minimum absolute atomic E-state index is 0. The van der Waals surface area contributed by atoms with Crippen LogP contribution in [0.1, 0.15) is 21.1 Å². The number of phosphoric ester groups is 1. The zero-order valence-electron chi connectivity index (χ0n) is 19.2. The molecule has 0 aromatic rings. The van der Waals surface area contributed by atoms with Gasteiger partial charge >= 0.3 is 7.82 Å². The Morgan fingerprint density at radius 3 is 2.73 bits per heavy atom. The molecule has 2 aliphatic rings. The predicted octanol–water partition coefficient (Wildman–Crippen LogP) is 1.64. The zero-order chi connectivity index (χ0) is 22.7. The first kappa shape index (κ1) is 35.1. The monoisotopic (exact) mass is 1100 g/mol. The van der Waals surface area contributed by atoms with Gasteiger partial charge in [0, 0.05) is 103 Å². The minimum Gasteiger partial charge on any atom is -0.544 e. The number of aliphatic hydroxyl groups is 2. The first-order valence-corrected chi connectivity index (χ1v) is 11.1. The van der Waals surface area contributed by atoms with E-state index < -0.39 is 51.5 Å². The van der Waals surface area contributed by atoms with E-state index >= 15 is 0 Å². The largest absolute Gasteiger partial charge is 0.544 e. The van der Waals surface area contributed by atoms with Gasteiger partial charge in [-0.1, -0.05) is 24.3 Å². The quantitative estimate of drug-likeness (QED) is 0.121. The number of allylic oxidation sites excluding steroid dienone is 3. The molecule has 0 aromatic heterocycles. The molecule has 7 atom stereocenters. The number of ether oxygens (including phenoxy) is 3. The number of hydrogen-bond donors (Lipinski definition) is 2. The van der Waals surface area contributed by atoms with E-state index in [-0.39, 0.29) is 129 Å². The van der Waals surface area contributed by atoms with Crippen molar-refractivity contribution in [3.8, 4) is 6.07 Å². The minimum atomic E-state index is -4.26. The van der Waals surface area contributed by atoms with Crippen molar-refractivity contribution < 1.29 is 140 Å². The van der Waals surface area contributed by atoms with Crippen LogP contribution in [-0.2, 0) is 53.4 Å². The Labute approximate surface area is 270 Å². The third kappa shape index (κ3) is 13.4. The van der Waals surface area contributed by atoms with Gasteiger partial charge in [0.2, 0.25) is 0 Å². The summed E-state index contributed by atoms with van der Waals surface area (Å²) in [4.78, 5) is 0. The maximum atomic E-state index is 13.2. The van der Waals surface area contributed by atoms with E-state index in [9.17, 15) is 14.8 Å². The van der Waals surface area contributed by atoms with Crippen molar-refractivity contribution in [1.82, 2.24) is 0 Å². The molecule has 0 saturated carbocycles. The number of rotatable bonds is 13. The van der Waals surface area contributed by atoms with Gasteiger partial charge in [0.15, 0.2) is 0 Å². The Kier molecular flexibility index (Phi) is 22.4. The van der Waals surface area contributed by atoms with Gasteiger partial charge in [-0.05, 0) is 19.4 Å². The van der Waals surface area contributed by atoms with Crippen LogP contribution in [0.5, 0.6) is 0 Å². The van der Waals surface area contributed by atoms with Crippen molar-refractivity contribution in [3.63, 3.8) is 0 Å². The Bertz CT molecular complexity index is 705. The number of nitrogens with zero attached hydrogens (tertiary/aromatic N) is 1. The molecule has 0 aliphatic carbocycles. The predicted molar refractivity (Wildman–Crippen MR) is 105 cm³/mol. The maximum absolute atomic E-state index is 13.2. The molecule has 2 fully saturated rings. The van der Waals surface area contributed by atoms with E-state index in [2.05, 4.69) is 0 Å². The molecular weight excluding hydrogens is 1070 g/mol. The summed E-state index contributed by atoms with van der Waals surface area (Å²) in [6, 6.07) is 1.86. The summed E-state index contributed by atoms with van der Waals surface area (Å²) in [5.74, 6) is 0. The molecular formula is C19H29AcNO9PUW-. The molecule has 10 nitrogen and oxygen atoms in total. The molecule has 2 aliphatic heterocycles. The van der Waals surface area contributed by atoms with Crippen LogP contribution in [0.15, 0.2) is 24.3 Å². The van der Waals surface area contributed by atoms with Gasteiger partial charge in [0.05, 0.1) is 58.6 Å². The van der Waals surface area contributed by atoms with Crippen LogP contribution in [0, 0.1) is 93.1 Å². The third-order valence-electron chi connectivity index (χ3n) is 4.23. The molecule has 0 aromatic carbocycles. The summed E-state index contributed by atoms with van der Waals surface area (Å²) in [5.41, 5.74) is 0. The molecule has 183 valence electrons. The second-order valence-corrected chi connectivity index (χ2v) is 8.07.